The summed E-state index contributed by atoms with van der Waals surface area (Å²) in [6.45, 7) is 6.10. The standard InChI is InChI=1S/C29H43F/c1-3-5-7-8-21-10-11-24-19-25(14-13-23(24)18-21)26-16-17-28-27(20-26)15-12-22(29(28)30)9-6-4-2/h4,12,15,21,23-26H,2-3,5-11,13-14,16-20H2,1H3. The molecule has 5 atom stereocenters. The van der Waals surface area contributed by atoms with E-state index in [-0.39, 0.29) is 5.82 Å². The lowest BCUT2D eigenvalue weighted by atomic mass is 9.60. The summed E-state index contributed by atoms with van der Waals surface area (Å²) in [4.78, 5) is 0. The minimum absolute atomic E-state index is 0.0953. The van der Waals surface area contributed by atoms with E-state index in [0.717, 1.165) is 66.4 Å². The lowest BCUT2D eigenvalue weighted by molar-refractivity contribution is 0.0689. The van der Waals surface area contributed by atoms with Gasteiger partial charge in [0, 0.05) is 0 Å². The number of allylic oxidation sites excluding steroid dienone is 1. The second-order valence-electron chi connectivity index (χ2n) is 10.8. The van der Waals surface area contributed by atoms with Crippen LogP contribution in [0.3, 0.4) is 0 Å². The van der Waals surface area contributed by atoms with Crippen LogP contribution in [0.4, 0.5) is 4.39 Å². The Kier molecular flexibility index (Phi) is 7.71. The third-order valence-corrected chi connectivity index (χ3v) is 8.93. The van der Waals surface area contributed by atoms with Gasteiger partial charge in [-0.2, -0.15) is 0 Å². The molecule has 0 radical (unpaired) electrons. The fourth-order valence-electron chi connectivity index (χ4n) is 7.13. The average Bonchev–Trinajstić information content (AvgIpc) is 2.78. The van der Waals surface area contributed by atoms with E-state index in [2.05, 4.69) is 25.6 Å². The summed E-state index contributed by atoms with van der Waals surface area (Å²) in [6, 6.07) is 4.30. The Morgan fingerprint density at radius 2 is 1.73 bits per heavy atom. The Hall–Kier alpha value is -1.11. The number of halogens is 1. The Bertz CT molecular complexity index is 705. The molecule has 3 aliphatic rings. The zero-order chi connectivity index (χ0) is 20.9. The Morgan fingerprint density at radius 1 is 0.967 bits per heavy atom. The van der Waals surface area contributed by atoms with Gasteiger partial charge >= 0.3 is 0 Å². The van der Waals surface area contributed by atoms with Gasteiger partial charge in [0.2, 0.25) is 0 Å². The van der Waals surface area contributed by atoms with Crippen LogP contribution >= 0.6 is 0 Å². The molecular weight excluding hydrogens is 367 g/mol. The van der Waals surface area contributed by atoms with Gasteiger partial charge in [-0.15, -0.1) is 6.58 Å². The maximum absolute atomic E-state index is 15.0. The van der Waals surface area contributed by atoms with Crippen LogP contribution in [-0.4, -0.2) is 0 Å². The summed E-state index contributed by atoms with van der Waals surface area (Å²) in [6.07, 6.45) is 21.4. The zero-order valence-electron chi connectivity index (χ0n) is 19.3. The monoisotopic (exact) mass is 410 g/mol. The van der Waals surface area contributed by atoms with E-state index in [4.69, 9.17) is 0 Å². The number of aryl methyl sites for hydroxylation is 1. The van der Waals surface area contributed by atoms with Crippen LogP contribution < -0.4 is 0 Å². The molecule has 2 fully saturated rings. The first-order valence-electron chi connectivity index (χ1n) is 13.1. The lowest BCUT2D eigenvalue weighted by Crippen LogP contribution is -2.35. The van der Waals surface area contributed by atoms with Crippen LogP contribution in [0.25, 0.3) is 0 Å². The fraction of sp³-hybridized carbons (Fsp3) is 0.724. The summed E-state index contributed by atoms with van der Waals surface area (Å²) in [5.74, 6) is 4.80. The number of unbranched alkanes of at least 4 members (excludes halogenated alkanes) is 2. The third kappa shape index (κ3) is 5.03. The molecule has 1 aromatic carbocycles. The molecule has 1 heteroatoms. The van der Waals surface area contributed by atoms with Crippen LogP contribution in [0.2, 0.25) is 0 Å². The summed E-state index contributed by atoms with van der Waals surface area (Å²) in [5, 5.41) is 0. The summed E-state index contributed by atoms with van der Waals surface area (Å²) >= 11 is 0. The van der Waals surface area contributed by atoms with Crippen molar-refractivity contribution >= 4 is 0 Å². The van der Waals surface area contributed by atoms with Crippen molar-refractivity contribution in [2.75, 3.05) is 0 Å². The molecule has 0 saturated heterocycles. The van der Waals surface area contributed by atoms with E-state index >= 15 is 0 Å². The van der Waals surface area contributed by atoms with Crippen molar-refractivity contribution in [2.24, 2.45) is 29.6 Å². The smallest absolute Gasteiger partial charge is 0.129 e. The van der Waals surface area contributed by atoms with Gasteiger partial charge in [0.1, 0.15) is 5.82 Å². The van der Waals surface area contributed by atoms with Gasteiger partial charge in [0.25, 0.3) is 0 Å². The summed E-state index contributed by atoms with van der Waals surface area (Å²) < 4.78 is 15.0. The van der Waals surface area contributed by atoms with E-state index in [0.29, 0.717) is 0 Å². The molecule has 0 aliphatic heterocycles. The van der Waals surface area contributed by atoms with Gasteiger partial charge in [0.05, 0.1) is 0 Å². The predicted molar refractivity (Wildman–Crippen MR) is 126 cm³/mol. The zero-order valence-corrected chi connectivity index (χ0v) is 19.3. The van der Waals surface area contributed by atoms with Crippen molar-refractivity contribution in [3.8, 4) is 0 Å². The maximum Gasteiger partial charge on any atom is 0.129 e. The molecule has 30 heavy (non-hydrogen) atoms. The molecule has 0 N–H and O–H groups in total. The van der Waals surface area contributed by atoms with Crippen LogP contribution in [0.1, 0.15) is 101 Å². The molecule has 2 saturated carbocycles. The van der Waals surface area contributed by atoms with Gasteiger partial charge in [-0.05, 0) is 110 Å². The normalized spacial score (nSPS) is 31.1. The minimum Gasteiger partial charge on any atom is -0.206 e. The van der Waals surface area contributed by atoms with Gasteiger partial charge < -0.3 is 0 Å². The molecule has 1 aromatic rings. The highest BCUT2D eigenvalue weighted by atomic mass is 19.1. The topological polar surface area (TPSA) is 0 Å². The van der Waals surface area contributed by atoms with Crippen molar-refractivity contribution in [2.45, 2.75) is 103 Å². The second-order valence-corrected chi connectivity index (χ2v) is 10.8. The second kappa shape index (κ2) is 10.5. The first kappa shape index (κ1) is 22.1. The van der Waals surface area contributed by atoms with Crippen molar-refractivity contribution < 1.29 is 4.39 Å². The number of fused-ring (bicyclic) bond motifs is 2. The van der Waals surface area contributed by atoms with Crippen LogP contribution in [0.5, 0.6) is 0 Å². The van der Waals surface area contributed by atoms with Gasteiger partial charge in [0.15, 0.2) is 0 Å². The minimum atomic E-state index is 0.0953. The quantitative estimate of drug-likeness (QED) is 0.298. The number of hydrogen-bond donors (Lipinski definition) is 0. The van der Waals surface area contributed by atoms with Crippen molar-refractivity contribution in [3.63, 3.8) is 0 Å². The highest BCUT2D eigenvalue weighted by Gasteiger charge is 2.38. The van der Waals surface area contributed by atoms with Crippen LogP contribution in [0.15, 0.2) is 24.8 Å². The van der Waals surface area contributed by atoms with E-state index in [1.165, 1.54) is 76.2 Å². The molecule has 0 heterocycles. The summed E-state index contributed by atoms with van der Waals surface area (Å²) in [5.41, 5.74) is 3.24. The van der Waals surface area contributed by atoms with Gasteiger partial charge in [-0.25, -0.2) is 4.39 Å². The SMILES string of the molecule is C=CCCc1ccc2c(c1F)CCC(C1CCC3CC(CCCCC)CCC3C1)C2. The molecule has 0 nitrogen and oxygen atoms in total. The van der Waals surface area contributed by atoms with E-state index < -0.39 is 0 Å². The van der Waals surface area contributed by atoms with E-state index in [1.54, 1.807) is 0 Å². The molecule has 0 spiro atoms. The van der Waals surface area contributed by atoms with Crippen molar-refractivity contribution in [3.05, 3.63) is 47.3 Å². The van der Waals surface area contributed by atoms with Crippen molar-refractivity contribution in [1.29, 1.82) is 0 Å². The van der Waals surface area contributed by atoms with E-state index in [1.807, 2.05) is 6.08 Å². The van der Waals surface area contributed by atoms with Crippen LogP contribution in [0, 0.1) is 35.4 Å². The molecule has 3 aliphatic carbocycles. The molecule has 0 bridgehead atoms. The Morgan fingerprint density at radius 3 is 2.53 bits per heavy atom. The van der Waals surface area contributed by atoms with E-state index in [9.17, 15) is 4.39 Å². The van der Waals surface area contributed by atoms with Crippen molar-refractivity contribution in [1.82, 2.24) is 0 Å². The molecule has 4 rings (SSSR count). The Balaban J connectivity index is 1.32. The molecule has 0 aromatic heterocycles. The molecule has 0 amide bonds. The highest BCUT2D eigenvalue weighted by Crippen LogP contribution is 2.49. The van der Waals surface area contributed by atoms with Gasteiger partial charge in [-0.3, -0.25) is 0 Å². The highest BCUT2D eigenvalue weighted by molar-refractivity contribution is 5.36. The third-order valence-electron chi connectivity index (χ3n) is 8.93. The largest absolute Gasteiger partial charge is 0.206 e. The Labute approximate surface area is 184 Å². The van der Waals surface area contributed by atoms with Gasteiger partial charge in [-0.1, -0.05) is 57.2 Å². The number of hydrogen-bond acceptors (Lipinski definition) is 0. The maximum atomic E-state index is 15.0. The number of benzene rings is 1. The number of rotatable bonds is 8. The average molecular weight is 411 g/mol. The summed E-state index contributed by atoms with van der Waals surface area (Å²) in [7, 11) is 0. The van der Waals surface area contributed by atoms with Crippen LogP contribution in [-0.2, 0) is 19.3 Å². The molecule has 5 unspecified atom stereocenters. The predicted octanol–water partition coefficient (Wildman–Crippen LogP) is 8.46. The molecule has 166 valence electrons. The lowest BCUT2D eigenvalue weighted by Gasteiger charge is -2.45. The first-order valence-corrected chi connectivity index (χ1v) is 13.1. The first-order chi connectivity index (χ1) is 14.7. The fourth-order valence-corrected chi connectivity index (χ4v) is 7.13. The molecular formula is C29H43F.